The standard InChI is InChI=1S/C19H13NO2S/c21-18-16-8-4-5-9-17(16)19(22)20(18)11-15-10-14(12-23-15)13-6-2-1-3-7-13/h1-10,12H,11H2. The molecule has 4 rings (SSSR count). The fourth-order valence-electron chi connectivity index (χ4n) is 2.78. The summed E-state index contributed by atoms with van der Waals surface area (Å²) in [6, 6.07) is 19.1. The molecule has 1 aliphatic heterocycles. The number of nitrogens with zero attached hydrogens (tertiary/aromatic N) is 1. The van der Waals surface area contributed by atoms with Gasteiger partial charge in [-0.3, -0.25) is 14.5 Å². The largest absolute Gasteiger partial charge is 0.269 e. The second-order valence-electron chi connectivity index (χ2n) is 5.41. The zero-order valence-corrected chi connectivity index (χ0v) is 13.0. The molecule has 0 saturated carbocycles. The highest BCUT2D eigenvalue weighted by Gasteiger charge is 2.35. The second-order valence-corrected chi connectivity index (χ2v) is 6.41. The van der Waals surface area contributed by atoms with Crippen molar-refractivity contribution in [3.63, 3.8) is 0 Å². The van der Waals surface area contributed by atoms with Gasteiger partial charge in [-0.25, -0.2) is 0 Å². The van der Waals surface area contributed by atoms with Gasteiger partial charge < -0.3 is 0 Å². The Kier molecular flexibility index (Phi) is 3.32. The van der Waals surface area contributed by atoms with Gasteiger partial charge in [0.1, 0.15) is 0 Å². The molecule has 4 heteroatoms. The van der Waals surface area contributed by atoms with E-state index in [1.165, 1.54) is 4.90 Å². The van der Waals surface area contributed by atoms with E-state index in [1.807, 2.05) is 36.4 Å². The van der Waals surface area contributed by atoms with Crippen molar-refractivity contribution >= 4 is 23.2 Å². The maximum absolute atomic E-state index is 12.4. The van der Waals surface area contributed by atoms with E-state index in [1.54, 1.807) is 35.6 Å². The summed E-state index contributed by atoms with van der Waals surface area (Å²) >= 11 is 1.57. The highest BCUT2D eigenvalue weighted by molar-refractivity contribution is 7.10. The predicted octanol–water partition coefficient (Wildman–Crippen LogP) is 4.21. The van der Waals surface area contributed by atoms with E-state index < -0.39 is 0 Å². The van der Waals surface area contributed by atoms with Crippen molar-refractivity contribution in [2.24, 2.45) is 0 Å². The van der Waals surface area contributed by atoms with Crippen LogP contribution in [0.15, 0.2) is 66.0 Å². The summed E-state index contributed by atoms with van der Waals surface area (Å²) in [5.74, 6) is -0.416. The van der Waals surface area contributed by atoms with Crippen LogP contribution in [0.1, 0.15) is 25.6 Å². The van der Waals surface area contributed by atoms with Crippen LogP contribution in [0, 0.1) is 0 Å². The number of carbonyl (C=O) groups excluding carboxylic acids is 2. The Bertz CT molecular complexity index is 863. The van der Waals surface area contributed by atoms with Gasteiger partial charge in [0, 0.05) is 4.88 Å². The van der Waals surface area contributed by atoms with Crippen LogP contribution >= 0.6 is 11.3 Å². The topological polar surface area (TPSA) is 37.4 Å². The van der Waals surface area contributed by atoms with Gasteiger partial charge >= 0.3 is 0 Å². The molecule has 23 heavy (non-hydrogen) atoms. The molecule has 3 aromatic rings. The summed E-state index contributed by atoms with van der Waals surface area (Å²) in [4.78, 5) is 27.1. The SMILES string of the molecule is O=C1c2ccccc2C(=O)N1Cc1cc(-c2ccccc2)cs1. The van der Waals surface area contributed by atoms with Gasteiger partial charge in [-0.2, -0.15) is 0 Å². The number of rotatable bonds is 3. The van der Waals surface area contributed by atoms with Gasteiger partial charge in [0.05, 0.1) is 17.7 Å². The van der Waals surface area contributed by atoms with Crippen LogP contribution in [0.4, 0.5) is 0 Å². The Labute approximate surface area is 137 Å². The monoisotopic (exact) mass is 319 g/mol. The van der Waals surface area contributed by atoms with Crippen LogP contribution in [0.2, 0.25) is 0 Å². The van der Waals surface area contributed by atoms with E-state index in [9.17, 15) is 9.59 Å². The van der Waals surface area contributed by atoms with Crippen LogP contribution in [-0.4, -0.2) is 16.7 Å². The molecule has 0 N–H and O–H groups in total. The average molecular weight is 319 g/mol. The Morgan fingerprint density at radius 2 is 1.39 bits per heavy atom. The molecule has 1 aliphatic rings. The Morgan fingerprint density at radius 1 is 0.783 bits per heavy atom. The van der Waals surface area contributed by atoms with Gasteiger partial charge in [0.15, 0.2) is 0 Å². The number of hydrogen-bond donors (Lipinski definition) is 0. The molecular formula is C19H13NO2S. The first-order valence-electron chi connectivity index (χ1n) is 7.32. The normalized spacial score (nSPS) is 13.5. The third-order valence-corrected chi connectivity index (χ3v) is 4.87. The smallest absolute Gasteiger partial charge is 0.261 e. The third kappa shape index (κ3) is 2.37. The van der Waals surface area contributed by atoms with E-state index in [-0.39, 0.29) is 11.8 Å². The first-order chi connectivity index (χ1) is 11.2. The van der Waals surface area contributed by atoms with Gasteiger partial charge in [0.2, 0.25) is 0 Å². The summed E-state index contributed by atoms with van der Waals surface area (Å²) in [7, 11) is 0. The summed E-state index contributed by atoms with van der Waals surface area (Å²) in [5.41, 5.74) is 3.24. The number of thiophene rings is 1. The first-order valence-corrected chi connectivity index (χ1v) is 8.20. The maximum Gasteiger partial charge on any atom is 0.261 e. The molecule has 0 radical (unpaired) electrons. The summed E-state index contributed by atoms with van der Waals surface area (Å²) in [6.45, 7) is 0.323. The van der Waals surface area contributed by atoms with Gasteiger partial charge in [-0.15, -0.1) is 11.3 Å². The van der Waals surface area contributed by atoms with E-state index in [0.29, 0.717) is 17.7 Å². The average Bonchev–Trinajstić information content (AvgIpc) is 3.16. The van der Waals surface area contributed by atoms with E-state index in [0.717, 1.165) is 16.0 Å². The van der Waals surface area contributed by atoms with Crippen molar-refractivity contribution in [3.8, 4) is 11.1 Å². The van der Waals surface area contributed by atoms with Crippen LogP contribution in [0.25, 0.3) is 11.1 Å². The minimum atomic E-state index is -0.208. The maximum atomic E-state index is 12.4. The number of fused-ring (bicyclic) bond motifs is 1. The van der Waals surface area contributed by atoms with Crippen molar-refractivity contribution in [3.05, 3.63) is 82.0 Å². The Balaban J connectivity index is 1.60. The minimum absolute atomic E-state index is 0.208. The first kappa shape index (κ1) is 13.9. The lowest BCUT2D eigenvalue weighted by Crippen LogP contribution is -2.28. The summed E-state index contributed by atoms with van der Waals surface area (Å²) in [5, 5.41) is 2.06. The number of amides is 2. The fraction of sp³-hybridized carbons (Fsp3) is 0.0526. The number of carbonyl (C=O) groups is 2. The molecule has 0 atom stereocenters. The Hall–Kier alpha value is -2.72. The lowest BCUT2D eigenvalue weighted by molar-refractivity contribution is 0.0644. The van der Waals surface area contributed by atoms with Gasteiger partial charge in [-0.1, -0.05) is 42.5 Å². The van der Waals surface area contributed by atoms with Crippen LogP contribution in [0.3, 0.4) is 0 Å². The van der Waals surface area contributed by atoms with Crippen LogP contribution in [0.5, 0.6) is 0 Å². The van der Waals surface area contributed by atoms with E-state index >= 15 is 0 Å². The van der Waals surface area contributed by atoms with Crippen molar-refractivity contribution in [2.45, 2.75) is 6.54 Å². The van der Waals surface area contributed by atoms with Crippen molar-refractivity contribution in [2.75, 3.05) is 0 Å². The quantitative estimate of drug-likeness (QED) is 0.678. The predicted molar refractivity (Wildman–Crippen MR) is 90.4 cm³/mol. The molecule has 2 aromatic carbocycles. The molecule has 112 valence electrons. The zero-order chi connectivity index (χ0) is 15.8. The van der Waals surface area contributed by atoms with Crippen molar-refractivity contribution < 1.29 is 9.59 Å². The lowest BCUT2D eigenvalue weighted by atomic mass is 10.1. The van der Waals surface area contributed by atoms with Gasteiger partial charge in [0.25, 0.3) is 11.8 Å². The molecule has 1 aromatic heterocycles. The number of hydrogen-bond acceptors (Lipinski definition) is 3. The zero-order valence-electron chi connectivity index (χ0n) is 12.2. The molecule has 0 fully saturated rings. The Morgan fingerprint density at radius 3 is 2.04 bits per heavy atom. The van der Waals surface area contributed by atoms with Crippen LogP contribution < -0.4 is 0 Å². The number of imide groups is 1. The highest BCUT2D eigenvalue weighted by Crippen LogP contribution is 2.29. The fourth-order valence-corrected chi connectivity index (χ4v) is 3.67. The van der Waals surface area contributed by atoms with E-state index in [2.05, 4.69) is 5.38 Å². The lowest BCUT2D eigenvalue weighted by Gasteiger charge is -2.12. The van der Waals surface area contributed by atoms with Crippen molar-refractivity contribution in [1.29, 1.82) is 0 Å². The molecule has 0 unspecified atom stereocenters. The molecule has 0 bridgehead atoms. The molecule has 2 amide bonds. The molecule has 3 nitrogen and oxygen atoms in total. The highest BCUT2D eigenvalue weighted by atomic mass is 32.1. The summed E-state index contributed by atoms with van der Waals surface area (Å²) in [6.07, 6.45) is 0. The summed E-state index contributed by atoms with van der Waals surface area (Å²) < 4.78 is 0. The molecule has 0 spiro atoms. The minimum Gasteiger partial charge on any atom is -0.269 e. The molecule has 0 aliphatic carbocycles. The van der Waals surface area contributed by atoms with E-state index in [4.69, 9.17) is 0 Å². The second kappa shape index (κ2) is 5.48. The molecule has 0 saturated heterocycles. The number of benzene rings is 2. The van der Waals surface area contributed by atoms with Crippen LogP contribution in [-0.2, 0) is 6.54 Å². The van der Waals surface area contributed by atoms with Gasteiger partial charge in [-0.05, 0) is 34.7 Å². The third-order valence-electron chi connectivity index (χ3n) is 3.95. The molecular weight excluding hydrogens is 306 g/mol. The van der Waals surface area contributed by atoms with Crippen molar-refractivity contribution in [1.82, 2.24) is 4.90 Å². The molecule has 2 heterocycles.